The van der Waals surface area contributed by atoms with Crippen LogP contribution in [0, 0.1) is 5.92 Å². The van der Waals surface area contributed by atoms with Crippen molar-refractivity contribution in [1.29, 1.82) is 0 Å². The lowest BCUT2D eigenvalue weighted by Crippen LogP contribution is -2.25. The third-order valence-corrected chi connectivity index (χ3v) is 7.22. The van der Waals surface area contributed by atoms with Gasteiger partial charge in [0.2, 0.25) is 0 Å². The first-order valence-electron chi connectivity index (χ1n) is 10.0. The molecule has 0 bridgehead atoms. The Kier molecular flexibility index (Phi) is 6.70. The topological polar surface area (TPSA) is 71.5 Å². The number of benzene rings is 2. The van der Waals surface area contributed by atoms with Crippen LogP contribution in [-0.4, -0.2) is 29.7 Å². The molecule has 1 fully saturated rings. The lowest BCUT2D eigenvalue weighted by Gasteiger charge is -2.15. The molecule has 162 valence electrons. The van der Waals surface area contributed by atoms with E-state index in [4.69, 9.17) is 32.9 Å². The van der Waals surface area contributed by atoms with Crippen molar-refractivity contribution >= 4 is 45.6 Å². The van der Waals surface area contributed by atoms with E-state index in [-0.39, 0.29) is 6.54 Å². The minimum atomic E-state index is -0.859. The van der Waals surface area contributed by atoms with E-state index < -0.39 is 11.9 Å². The number of thiazole rings is 1. The van der Waals surface area contributed by atoms with Crippen LogP contribution in [0.5, 0.6) is 5.75 Å². The number of halogens is 2. The molecule has 1 unspecified atom stereocenters. The number of hydrogen-bond donors (Lipinski definition) is 2. The van der Waals surface area contributed by atoms with Crippen molar-refractivity contribution in [1.82, 2.24) is 4.98 Å². The van der Waals surface area contributed by atoms with Gasteiger partial charge >= 0.3 is 5.97 Å². The quantitative estimate of drug-likeness (QED) is 0.375. The molecular weight excluding hydrogens is 455 g/mol. The van der Waals surface area contributed by atoms with E-state index in [9.17, 15) is 9.90 Å². The number of ether oxygens (including phenoxy) is 1. The molecule has 0 radical (unpaired) electrons. The molecule has 4 rings (SSSR count). The Morgan fingerprint density at radius 3 is 2.71 bits per heavy atom. The molecule has 1 heterocycles. The smallest absolute Gasteiger partial charge is 0.308 e. The van der Waals surface area contributed by atoms with Gasteiger partial charge in [0.05, 0.1) is 28.8 Å². The normalized spacial score (nSPS) is 14.3. The molecule has 2 aromatic carbocycles. The summed E-state index contributed by atoms with van der Waals surface area (Å²) < 4.78 is 5.36. The van der Waals surface area contributed by atoms with Gasteiger partial charge in [-0.25, -0.2) is 4.98 Å². The predicted molar refractivity (Wildman–Crippen MR) is 126 cm³/mol. The predicted octanol–water partition coefficient (Wildman–Crippen LogP) is 6.36. The number of para-hydroxylation sites is 1. The van der Waals surface area contributed by atoms with Gasteiger partial charge in [-0.1, -0.05) is 47.5 Å². The van der Waals surface area contributed by atoms with Gasteiger partial charge in [-0.05, 0) is 48.9 Å². The number of hydrogen-bond acceptors (Lipinski definition) is 5. The maximum atomic E-state index is 11.9. The molecule has 0 aliphatic heterocycles. The maximum Gasteiger partial charge on any atom is 0.308 e. The number of aliphatic carboxylic acids is 1. The van der Waals surface area contributed by atoms with Crippen LogP contribution in [0.3, 0.4) is 0 Å². The van der Waals surface area contributed by atoms with Gasteiger partial charge in [-0.2, -0.15) is 0 Å². The number of carbonyl (C=O) groups is 1. The Morgan fingerprint density at radius 2 is 2.03 bits per heavy atom. The number of aromatic nitrogens is 1. The fraction of sp³-hybridized carbons (Fsp3) is 0.304. The number of methoxy groups -OCH3 is 1. The second-order valence-electron chi connectivity index (χ2n) is 7.57. The fourth-order valence-corrected chi connectivity index (χ4v) is 4.94. The summed E-state index contributed by atoms with van der Waals surface area (Å²) in [7, 11) is 1.59. The molecule has 1 aromatic heterocycles. The van der Waals surface area contributed by atoms with Crippen LogP contribution in [-0.2, 0) is 11.2 Å². The number of carboxylic acid groups (broad SMARTS) is 1. The molecule has 0 amide bonds. The van der Waals surface area contributed by atoms with Crippen LogP contribution in [0.4, 0.5) is 5.13 Å². The molecule has 5 nitrogen and oxygen atoms in total. The van der Waals surface area contributed by atoms with Crippen LogP contribution in [0.25, 0.3) is 11.3 Å². The van der Waals surface area contributed by atoms with Crippen LogP contribution < -0.4 is 10.1 Å². The second kappa shape index (κ2) is 9.47. The zero-order chi connectivity index (χ0) is 22.0. The highest BCUT2D eigenvalue weighted by Gasteiger charge is 2.30. The molecule has 0 saturated heterocycles. The molecule has 1 aliphatic rings. The summed E-state index contributed by atoms with van der Waals surface area (Å²) in [5.74, 6) is -0.276. The average Bonchev–Trinajstić information content (AvgIpc) is 3.52. The average molecular weight is 477 g/mol. The summed E-state index contributed by atoms with van der Waals surface area (Å²) in [6, 6.07) is 13.0. The van der Waals surface area contributed by atoms with Crippen molar-refractivity contribution in [2.75, 3.05) is 19.0 Å². The zero-order valence-corrected chi connectivity index (χ0v) is 19.2. The molecule has 1 saturated carbocycles. The van der Waals surface area contributed by atoms with Crippen molar-refractivity contribution in [2.45, 2.75) is 25.2 Å². The second-order valence-corrected chi connectivity index (χ2v) is 9.41. The highest BCUT2D eigenvalue weighted by molar-refractivity contribution is 7.16. The van der Waals surface area contributed by atoms with Gasteiger partial charge in [0, 0.05) is 17.0 Å². The minimum absolute atomic E-state index is 0.270. The first-order valence-corrected chi connectivity index (χ1v) is 11.6. The molecule has 0 spiro atoms. The van der Waals surface area contributed by atoms with Crippen LogP contribution in [0.2, 0.25) is 10.0 Å². The largest absolute Gasteiger partial charge is 0.496 e. The van der Waals surface area contributed by atoms with Gasteiger partial charge in [0.25, 0.3) is 0 Å². The Hall–Kier alpha value is -2.28. The lowest BCUT2D eigenvalue weighted by atomic mass is 9.98. The summed E-state index contributed by atoms with van der Waals surface area (Å²) in [6.45, 7) is 0.270. The van der Waals surface area contributed by atoms with E-state index in [1.165, 1.54) is 4.88 Å². The standard InChI is InChI=1S/C23H22Cl2N2O3S/c1-30-19-5-3-2-4-14(19)10-16(22(28)29)12-26-23-27-20(21(31-23)13-6-7-13)15-8-9-17(24)18(25)11-15/h2-5,8-9,11,13,16H,6-7,10,12H2,1H3,(H,26,27)(H,28,29). The van der Waals surface area contributed by atoms with Gasteiger partial charge in [-0.15, -0.1) is 11.3 Å². The summed E-state index contributed by atoms with van der Waals surface area (Å²) >= 11 is 13.9. The number of nitrogens with one attached hydrogen (secondary N) is 1. The third kappa shape index (κ3) is 5.14. The minimum Gasteiger partial charge on any atom is -0.496 e. The Balaban J connectivity index is 1.53. The molecule has 1 aliphatic carbocycles. The summed E-state index contributed by atoms with van der Waals surface area (Å²) in [5, 5.41) is 14.7. The molecule has 8 heteroatoms. The molecule has 3 aromatic rings. The third-order valence-electron chi connectivity index (χ3n) is 5.30. The highest BCUT2D eigenvalue weighted by Crippen LogP contribution is 2.48. The van der Waals surface area contributed by atoms with Crippen molar-refractivity contribution in [3.05, 3.63) is 63.0 Å². The van der Waals surface area contributed by atoms with E-state index in [0.29, 0.717) is 33.3 Å². The van der Waals surface area contributed by atoms with Gasteiger partial charge < -0.3 is 15.2 Å². The summed E-state index contributed by atoms with van der Waals surface area (Å²) in [4.78, 5) is 17.9. The molecule has 2 N–H and O–H groups in total. The Bertz CT molecular complexity index is 1100. The number of rotatable bonds is 9. The first-order chi connectivity index (χ1) is 15.0. The maximum absolute atomic E-state index is 11.9. The van der Waals surface area contributed by atoms with Crippen LogP contribution in [0.15, 0.2) is 42.5 Å². The van der Waals surface area contributed by atoms with E-state index >= 15 is 0 Å². The van der Waals surface area contributed by atoms with E-state index in [1.54, 1.807) is 24.5 Å². The number of anilines is 1. The van der Waals surface area contributed by atoms with E-state index in [1.807, 2.05) is 36.4 Å². The zero-order valence-electron chi connectivity index (χ0n) is 16.9. The SMILES string of the molecule is COc1ccccc1CC(CNc1nc(-c2ccc(Cl)c(Cl)c2)c(C2CC2)s1)C(=O)O. The summed E-state index contributed by atoms with van der Waals surface area (Å²) in [5.41, 5.74) is 2.68. The van der Waals surface area contributed by atoms with Crippen molar-refractivity contribution in [3.63, 3.8) is 0 Å². The van der Waals surface area contributed by atoms with Crippen molar-refractivity contribution < 1.29 is 14.6 Å². The summed E-state index contributed by atoms with van der Waals surface area (Å²) in [6.07, 6.45) is 2.65. The van der Waals surface area contributed by atoms with E-state index in [0.717, 1.165) is 29.7 Å². The van der Waals surface area contributed by atoms with Gasteiger partial charge in [-0.3, -0.25) is 4.79 Å². The van der Waals surface area contributed by atoms with Crippen LogP contribution >= 0.6 is 34.5 Å². The van der Waals surface area contributed by atoms with Crippen molar-refractivity contribution in [3.8, 4) is 17.0 Å². The lowest BCUT2D eigenvalue weighted by molar-refractivity contribution is -0.141. The molecule has 1 atom stereocenters. The number of nitrogens with zero attached hydrogens (tertiary/aromatic N) is 1. The molecule has 31 heavy (non-hydrogen) atoms. The Morgan fingerprint density at radius 1 is 1.26 bits per heavy atom. The van der Waals surface area contributed by atoms with Crippen LogP contribution in [0.1, 0.15) is 29.2 Å². The monoisotopic (exact) mass is 476 g/mol. The fourth-order valence-electron chi connectivity index (χ4n) is 3.47. The first kappa shape index (κ1) is 21.9. The van der Waals surface area contributed by atoms with Gasteiger partial charge in [0.1, 0.15) is 5.75 Å². The Labute approximate surface area is 195 Å². The molecular formula is C23H22Cl2N2O3S. The number of carboxylic acids is 1. The van der Waals surface area contributed by atoms with Crippen molar-refractivity contribution in [2.24, 2.45) is 5.92 Å². The highest BCUT2D eigenvalue weighted by atomic mass is 35.5. The van der Waals surface area contributed by atoms with E-state index in [2.05, 4.69) is 5.32 Å². The van der Waals surface area contributed by atoms with Gasteiger partial charge in [0.15, 0.2) is 5.13 Å².